The summed E-state index contributed by atoms with van der Waals surface area (Å²) in [5.74, 6) is 0.392. The number of esters is 1. The van der Waals surface area contributed by atoms with Crippen molar-refractivity contribution in [3.05, 3.63) is 103 Å². The van der Waals surface area contributed by atoms with Gasteiger partial charge in [-0.25, -0.2) is 9.79 Å². The number of hydrogen-bond acceptors (Lipinski definition) is 7. The van der Waals surface area contributed by atoms with Crippen LogP contribution in [0, 0.1) is 10.1 Å². The number of benzene rings is 3. The lowest BCUT2D eigenvalue weighted by Gasteiger charge is -2.15. The summed E-state index contributed by atoms with van der Waals surface area (Å²) in [4.78, 5) is 27.3. The SMILES string of the molecule is CCOc1cc(/C=C2\N=C(c3ccccc3Cl)OC2=O)cc(Br)c1OCc1cccc([N+](=O)[O-])c1. The molecule has 0 saturated carbocycles. The van der Waals surface area contributed by atoms with Crippen LogP contribution in [0.25, 0.3) is 6.08 Å². The van der Waals surface area contributed by atoms with Gasteiger partial charge in [-0.3, -0.25) is 10.1 Å². The first-order valence-corrected chi connectivity index (χ1v) is 11.6. The molecule has 10 heteroatoms. The molecule has 0 unspecified atom stereocenters. The summed E-state index contributed by atoms with van der Waals surface area (Å²) in [6, 6.07) is 16.6. The molecule has 0 saturated heterocycles. The average Bonchev–Trinajstić information content (AvgIpc) is 3.19. The van der Waals surface area contributed by atoms with Gasteiger partial charge < -0.3 is 14.2 Å². The minimum Gasteiger partial charge on any atom is -0.490 e. The zero-order valence-corrected chi connectivity index (χ0v) is 20.7. The molecule has 0 amide bonds. The van der Waals surface area contributed by atoms with Gasteiger partial charge in [0, 0.05) is 12.1 Å². The zero-order valence-electron chi connectivity index (χ0n) is 18.4. The number of non-ortho nitro benzene ring substituents is 1. The van der Waals surface area contributed by atoms with Gasteiger partial charge in [0.05, 0.1) is 26.6 Å². The van der Waals surface area contributed by atoms with Gasteiger partial charge in [0.2, 0.25) is 5.90 Å². The number of nitro benzene ring substituents is 1. The number of ether oxygens (including phenoxy) is 3. The van der Waals surface area contributed by atoms with Gasteiger partial charge in [0.1, 0.15) is 6.61 Å². The maximum Gasteiger partial charge on any atom is 0.363 e. The van der Waals surface area contributed by atoms with Crippen molar-refractivity contribution in [2.75, 3.05) is 6.61 Å². The van der Waals surface area contributed by atoms with Crippen LogP contribution in [0.3, 0.4) is 0 Å². The summed E-state index contributed by atoms with van der Waals surface area (Å²) in [5.41, 5.74) is 1.87. The fraction of sp³-hybridized carbons (Fsp3) is 0.120. The third kappa shape index (κ3) is 5.70. The van der Waals surface area contributed by atoms with Crippen LogP contribution in [0.1, 0.15) is 23.6 Å². The Morgan fingerprint density at radius 1 is 1.14 bits per heavy atom. The highest BCUT2D eigenvalue weighted by atomic mass is 79.9. The monoisotopic (exact) mass is 556 g/mol. The Kier molecular flexibility index (Phi) is 7.48. The first-order chi connectivity index (χ1) is 16.9. The van der Waals surface area contributed by atoms with E-state index < -0.39 is 10.9 Å². The first kappa shape index (κ1) is 24.4. The molecule has 1 aliphatic rings. The van der Waals surface area contributed by atoms with Crippen molar-refractivity contribution in [3.8, 4) is 11.5 Å². The standard InChI is InChI=1S/C25H18BrClN2O6/c1-2-33-22-13-16(12-21-25(30)35-24(28-21)18-8-3-4-9-20(18)27)11-19(26)23(22)34-14-15-6-5-7-17(10-15)29(31)32/h3-13H,2,14H2,1H3/b21-12-. The predicted octanol–water partition coefficient (Wildman–Crippen LogP) is 6.33. The molecule has 0 aliphatic carbocycles. The lowest BCUT2D eigenvalue weighted by Crippen LogP contribution is -2.05. The number of halogens is 2. The second-order valence-electron chi connectivity index (χ2n) is 7.29. The molecule has 178 valence electrons. The number of carbonyl (C=O) groups excluding carboxylic acids is 1. The predicted molar refractivity (Wildman–Crippen MR) is 135 cm³/mol. The number of nitrogens with zero attached hydrogens (tertiary/aromatic N) is 2. The smallest absolute Gasteiger partial charge is 0.363 e. The van der Waals surface area contributed by atoms with E-state index in [0.717, 1.165) is 0 Å². The van der Waals surface area contributed by atoms with E-state index in [1.807, 2.05) is 6.92 Å². The highest BCUT2D eigenvalue weighted by Crippen LogP contribution is 2.38. The first-order valence-electron chi connectivity index (χ1n) is 10.5. The van der Waals surface area contributed by atoms with E-state index in [1.54, 1.807) is 54.6 Å². The molecule has 1 aliphatic heterocycles. The molecule has 4 rings (SSSR count). The maximum absolute atomic E-state index is 12.4. The van der Waals surface area contributed by atoms with Crippen LogP contribution in [-0.2, 0) is 16.1 Å². The molecule has 0 atom stereocenters. The molecule has 0 fully saturated rings. The number of cyclic esters (lactones) is 1. The molecule has 0 N–H and O–H groups in total. The van der Waals surface area contributed by atoms with E-state index in [0.29, 0.717) is 44.3 Å². The van der Waals surface area contributed by atoms with Gasteiger partial charge >= 0.3 is 5.97 Å². The molecule has 1 heterocycles. The van der Waals surface area contributed by atoms with Crippen LogP contribution in [-0.4, -0.2) is 23.4 Å². The van der Waals surface area contributed by atoms with Gasteiger partial charge in [-0.05, 0) is 64.3 Å². The molecule has 3 aromatic rings. The van der Waals surface area contributed by atoms with E-state index in [2.05, 4.69) is 20.9 Å². The maximum atomic E-state index is 12.4. The Morgan fingerprint density at radius 3 is 2.69 bits per heavy atom. The summed E-state index contributed by atoms with van der Waals surface area (Å²) < 4.78 is 17.5. The van der Waals surface area contributed by atoms with Gasteiger partial charge in [0.15, 0.2) is 17.2 Å². The van der Waals surface area contributed by atoms with E-state index in [1.165, 1.54) is 12.1 Å². The molecule has 35 heavy (non-hydrogen) atoms. The van der Waals surface area contributed by atoms with Crippen molar-refractivity contribution in [2.24, 2.45) is 4.99 Å². The van der Waals surface area contributed by atoms with Crippen LogP contribution in [0.4, 0.5) is 5.69 Å². The van der Waals surface area contributed by atoms with Gasteiger partial charge in [-0.15, -0.1) is 0 Å². The molecular weight excluding hydrogens is 540 g/mol. The van der Waals surface area contributed by atoms with E-state index in [9.17, 15) is 14.9 Å². The third-order valence-electron chi connectivity index (χ3n) is 4.86. The minimum absolute atomic E-state index is 0.0164. The molecular formula is C25H18BrClN2O6. The average molecular weight is 558 g/mol. The minimum atomic E-state index is -0.597. The van der Waals surface area contributed by atoms with Crippen LogP contribution in [0.5, 0.6) is 11.5 Å². The Hall–Kier alpha value is -3.69. The summed E-state index contributed by atoms with van der Waals surface area (Å²) >= 11 is 9.68. The Balaban J connectivity index is 1.61. The van der Waals surface area contributed by atoms with Crippen molar-refractivity contribution >= 4 is 51.2 Å². The molecule has 0 bridgehead atoms. The number of aliphatic imine (C=N–C) groups is 1. The highest BCUT2D eigenvalue weighted by molar-refractivity contribution is 9.10. The van der Waals surface area contributed by atoms with Crippen molar-refractivity contribution < 1.29 is 23.9 Å². The second-order valence-corrected chi connectivity index (χ2v) is 8.56. The van der Waals surface area contributed by atoms with Crippen LogP contribution in [0.2, 0.25) is 5.02 Å². The third-order valence-corrected chi connectivity index (χ3v) is 5.78. The summed E-state index contributed by atoms with van der Waals surface area (Å²) in [7, 11) is 0. The Bertz CT molecular complexity index is 1370. The van der Waals surface area contributed by atoms with Gasteiger partial charge in [-0.1, -0.05) is 35.9 Å². The van der Waals surface area contributed by atoms with Crippen molar-refractivity contribution in [1.29, 1.82) is 0 Å². The summed E-state index contributed by atoms with van der Waals surface area (Å²) in [6.45, 7) is 2.30. The largest absolute Gasteiger partial charge is 0.490 e. The quantitative estimate of drug-likeness (QED) is 0.139. The fourth-order valence-corrected chi connectivity index (χ4v) is 4.10. The van der Waals surface area contributed by atoms with Crippen LogP contribution in [0.15, 0.2) is 75.8 Å². The number of hydrogen-bond donors (Lipinski definition) is 0. The van der Waals surface area contributed by atoms with Crippen LogP contribution >= 0.6 is 27.5 Å². The number of nitro groups is 1. The van der Waals surface area contributed by atoms with Crippen molar-refractivity contribution in [1.82, 2.24) is 0 Å². The lowest BCUT2D eigenvalue weighted by atomic mass is 10.1. The van der Waals surface area contributed by atoms with Crippen molar-refractivity contribution in [2.45, 2.75) is 13.5 Å². The highest BCUT2D eigenvalue weighted by Gasteiger charge is 2.26. The molecule has 8 nitrogen and oxygen atoms in total. The number of carbonyl (C=O) groups is 1. The molecule has 3 aromatic carbocycles. The van der Waals surface area contributed by atoms with E-state index in [4.69, 9.17) is 25.8 Å². The topological polar surface area (TPSA) is 100 Å². The van der Waals surface area contributed by atoms with E-state index in [-0.39, 0.29) is 23.9 Å². The Morgan fingerprint density at radius 2 is 1.94 bits per heavy atom. The molecule has 0 aromatic heterocycles. The second kappa shape index (κ2) is 10.7. The summed E-state index contributed by atoms with van der Waals surface area (Å²) in [6.07, 6.45) is 1.57. The molecule has 0 radical (unpaired) electrons. The fourth-order valence-electron chi connectivity index (χ4n) is 3.31. The lowest BCUT2D eigenvalue weighted by molar-refractivity contribution is -0.384. The zero-order chi connectivity index (χ0) is 24.9. The van der Waals surface area contributed by atoms with E-state index >= 15 is 0 Å². The Labute approximate surface area is 214 Å². The van der Waals surface area contributed by atoms with Gasteiger partial charge in [-0.2, -0.15) is 0 Å². The van der Waals surface area contributed by atoms with Gasteiger partial charge in [0.25, 0.3) is 5.69 Å². The summed E-state index contributed by atoms with van der Waals surface area (Å²) in [5, 5.41) is 11.4. The number of rotatable bonds is 8. The normalized spacial score (nSPS) is 14.0. The van der Waals surface area contributed by atoms with Crippen molar-refractivity contribution in [3.63, 3.8) is 0 Å². The molecule has 0 spiro atoms. The van der Waals surface area contributed by atoms with Crippen LogP contribution < -0.4 is 9.47 Å².